The third-order valence-electron chi connectivity index (χ3n) is 12.0. The summed E-state index contributed by atoms with van der Waals surface area (Å²) in [6.45, 7) is 13.6. The Morgan fingerprint density at radius 3 is 2.17 bits per heavy atom. The Balaban J connectivity index is 1.26. The Morgan fingerprint density at radius 2 is 1.39 bits per heavy atom. The summed E-state index contributed by atoms with van der Waals surface area (Å²) in [6, 6.07) is 38.2. The van der Waals surface area contributed by atoms with Crippen molar-refractivity contribution < 1.29 is 9.52 Å². The minimum atomic E-state index is -0.0725. The number of phenolic OH excluding ortho intramolecular Hbond substituents is 1. The largest absolute Gasteiger partial charge is 0.507 e. The zero-order chi connectivity index (χ0) is 37.1. The molecule has 0 aliphatic heterocycles. The van der Waals surface area contributed by atoms with E-state index < -0.39 is 0 Å². The fourth-order valence-corrected chi connectivity index (χ4v) is 9.04. The number of pyridine rings is 1. The molecule has 0 spiro atoms. The first kappa shape index (κ1) is 32.9. The molecule has 1 N–H and O–H groups in total. The molecule has 1 saturated carbocycles. The van der Waals surface area contributed by atoms with Crippen LogP contribution in [-0.2, 0) is 10.8 Å². The first-order chi connectivity index (χ1) is 25.9. The molecule has 10 rings (SSSR count). The number of furan rings is 1. The molecule has 0 amide bonds. The third kappa shape index (κ3) is 5.12. The van der Waals surface area contributed by atoms with Crippen molar-refractivity contribution in [2.75, 3.05) is 0 Å². The standard InChI is InChI=1S/C49H45N3O2/c1-48(2,3)31-25-32(49(4,5)6)27-33(26-31)52-41-15-11-14-34(45(41)51-47(52)37-13-7-9-16-42(37)53)30-23-38-36-12-8-10-17-43(36)54-46(38)39(24-30)40-21-20-35-28-18-19-29(22-28)44(35)50-40/h7-17,20-21,23-29,53H,18-19,22H2,1-6H3. The molecule has 54 heavy (non-hydrogen) atoms. The Labute approximate surface area is 316 Å². The van der Waals surface area contributed by atoms with Crippen LogP contribution in [0, 0.1) is 0 Å². The molecule has 1 fully saturated rings. The van der Waals surface area contributed by atoms with Crippen LogP contribution in [0.15, 0.2) is 114 Å². The van der Waals surface area contributed by atoms with Crippen molar-refractivity contribution >= 4 is 33.0 Å². The molecule has 8 aromatic rings. The van der Waals surface area contributed by atoms with Crippen molar-refractivity contribution in [1.29, 1.82) is 0 Å². The van der Waals surface area contributed by atoms with Gasteiger partial charge in [0.2, 0.25) is 0 Å². The number of hydrogen-bond donors (Lipinski definition) is 1. The number of hydrogen-bond acceptors (Lipinski definition) is 4. The highest BCUT2D eigenvalue weighted by Gasteiger charge is 2.38. The zero-order valence-electron chi connectivity index (χ0n) is 31.9. The first-order valence-electron chi connectivity index (χ1n) is 19.4. The summed E-state index contributed by atoms with van der Waals surface area (Å²) in [4.78, 5) is 10.8. The van der Waals surface area contributed by atoms with E-state index in [9.17, 15) is 5.11 Å². The summed E-state index contributed by atoms with van der Waals surface area (Å²) >= 11 is 0. The highest BCUT2D eigenvalue weighted by atomic mass is 16.3. The van der Waals surface area contributed by atoms with E-state index in [1.165, 1.54) is 41.6 Å². The molecule has 5 nitrogen and oxygen atoms in total. The van der Waals surface area contributed by atoms with E-state index in [2.05, 4.69) is 119 Å². The second kappa shape index (κ2) is 11.7. The SMILES string of the molecule is CC(C)(C)c1cc(-n2c(-c3ccccc3O)nc3c(-c4cc(-c5ccc6c(n5)C5CCC6C5)c5oc6ccccc6c5c4)cccc32)cc(C(C)(C)C)c1. The number of aromatic nitrogens is 3. The molecule has 0 saturated heterocycles. The van der Waals surface area contributed by atoms with Gasteiger partial charge in [0, 0.05) is 39.2 Å². The Bertz CT molecular complexity index is 2770. The van der Waals surface area contributed by atoms with E-state index in [-0.39, 0.29) is 16.6 Å². The zero-order valence-corrected chi connectivity index (χ0v) is 31.9. The average Bonchev–Trinajstić information content (AvgIpc) is 3.95. The van der Waals surface area contributed by atoms with Crippen LogP contribution >= 0.6 is 0 Å². The number of phenols is 1. The molecule has 3 aromatic heterocycles. The van der Waals surface area contributed by atoms with Gasteiger partial charge in [-0.1, -0.05) is 96.1 Å². The normalized spacial score (nSPS) is 16.9. The van der Waals surface area contributed by atoms with E-state index in [0.29, 0.717) is 23.2 Å². The predicted molar refractivity (Wildman–Crippen MR) is 221 cm³/mol. The number of fused-ring (bicyclic) bond motifs is 9. The van der Waals surface area contributed by atoms with E-state index in [0.717, 1.165) is 61.0 Å². The van der Waals surface area contributed by atoms with Crippen molar-refractivity contribution in [2.24, 2.45) is 0 Å². The van der Waals surface area contributed by atoms with Crippen molar-refractivity contribution in [3.8, 4) is 45.2 Å². The monoisotopic (exact) mass is 707 g/mol. The molecule has 5 heteroatoms. The van der Waals surface area contributed by atoms with Gasteiger partial charge in [-0.25, -0.2) is 4.98 Å². The quantitative estimate of drug-likeness (QED) is 0.198. The first-order valence-corrected chi connectivity index (χ1v) is 19.4. The molecular formula is C49H45N3O2. The van der Waals surface area contributed by atoms with Gasteiger partial charge < -0.3 is 9.52 Å². The van der Waals surface area contributed by atoms with Gasteiger partial charge in [-0.15, -0.1) is 0 Å². The van der Waals surface area contributed by atoms with Gasteiger partial charge >= 0.3 is 0 Å². The fourth-order valence-electron chi connectivity index (χ4n) is 9.04. The minimum absolute atomic E-state index is 0.0725. The smallest absolute Gasteiger partial charge is 0.149 e. The highest BCUT2D eigenvalue weighted by Crippen LogP contribution is 2.53. The van der Waals surface area contributed by atoms with Crippen LogP contribution in [0.25, 0.3) is 72.4 Å². The molecule has 268 valence electrons. The average molecular weight is 708 g/mol. The molecule has 5 aromatic carbocycles. The number of rotatable bonds is 4. The summed E-state index contributed by atoms with van der Waals surface area (Å²) in [6.07, 6.45) is 3.74. The van der Waals surface area contributed by atoms with Crippen molar-refractivity contribution in [2.45, 2.75) is 83.5 Å². The maximum Gasteiger partial charge on any atom is 0.149 e. The highest BCUT2D eigenvalue weighted by molar-refractivity contribution is 6.12. The Hall–Kier alpha value is -5.68. The van der Waals surface area contributed by atoms with E-state index in [1.54, 1.807) is 6.07 Å². The van der Waals surface area contributed by atoms with Gasteiger partial charge in [0.15, 0.2) is 0 Å². The maximum atomic E-state index is 11.3. The van der Waals surface area contributed by atoms with Crippen LogP contribution in [0.4, 0.5) is 0 Å². The number of benzene rings is 5. The van der Waals surface area contributed by atoms with Gasteiger partial charge in [-0.3, -0.25) is 9.55 Å². The maximum absolute atomic E-state index is 11.3. The van der Waals surface area contributed by atoms with E-state index in [1.807, 2.05) is 30.3 Å². The van der Waals surface area contributed by atoms with Gasteiger partial charge in [0.1, 0.15) is 22.7 Å². The number of para-hydroxylation sites is 3. The topological polar surface area (TPSA) is 64.1 Å². The lowest BCUT2D eigenvalue weighted by molar-refractivity contribution is 0.477. The van der Waals surface area contributed by atoms with Gasteiger partial charge in [0.25, 0.3) is 0 Å². The molecule has 0 radical (unpaired) electrons. The summed E-state index contributed by atoms with van der Waals surface area (Å²) < 4.78 is 8.88. The van der Waals surface area contributed by atoms with Crippen molar-refractivity contribution in [3.63, 3.8) is 0 Å². The van der Waals surface area contributed by atoms with E-state index in [4.69, 9.17) is 14.4 Å². The molecular weight excluding hydrogens is 663 g/mol. The lowest BCUT2D eigenvalue weighted by atomic mass is 9.80. The second-order valence-corrected chi connectivity index (χ2v) is 17.6. The molecule has 2 bridgehead atoms. The number of nitrogens with zero attached hydrogens (tertiary/aromatic N) is 3. The van der Waals surface area contributed by atoms with Crippen LogP contribution in [0.5, 0.6) is 5.75 Å². The summed E-state index contributed by atoms with van der Waals surface area (Å²) in [7, 11) is 0. The number of imidazole rings is 1. The summed E-state index contributed by atoms with van der Waals surface area (Å²) in [5, 5.41) is 13.5. The van der Waals surface area contributed by atoms with Crippen molar-refractivity contribution in [3.05, 3.63) is 132 Å². The van der Waals surface area contributed by atoms with Gasteiger partial charge in [0.05, 0.1) is 22.3 Å². The molecule has 2 atom stereocenters. The van der Waals surface area contributed by atoms with Crippen LogP contribution < -0.4 is 0 Å². The lowest BCUT2D eigenvalue weighted by Crippen LogP contribution is -2.17. The fraction of sp³-hybridized carbons (Fsp3) is 0.265. The van der Waals surface area contributed by atoms with Crippen LogP contribution in [0.1, 0.15) is 95.0 Å². The van der Waals surface area contributed by atoms with Crippen LogP contribution in [0.3, 0.4) is 0 Å². The molecule has 2 unspecified atom stereocenters. The molecule has 2 aliphatic rings. The molecule has 2 aliphatic carbocycles. The second-order valence-electron chi connectivity index (χ2n) is 17.6. The van der Waals surface area contributed by atoms with Crippen LogP contribution in [0.2, 0.25) is 0 Å². The van der Waals surface area contributed by atoms with Gasteiger partial charge in [-0.2, -0.15) is 0 Å². The summed E-state index contributed by atoms with van der Waals surface area (Å²) in [5.74, 6) is 2.11. The minimum Gasteiger partial charge on any atom is -0.507 e. The third-order valence-corrected chi connectivity index (χ3v) is 12.0. The Kier molecular flexibility index (Phi) is 7.11. The van der Waals surface area contributed by atoms with Gasteiger partial charge in [-0.05, 0) is 113 Å². The molecule has 3 heterocycles. The summed E-state index contributed by atoms with van der Waals surface area (Å²) in [5.41, 5.74) is 14.4. The van der Waals surface area contributed by atoms with E-state index >= 15 is 0 Å². The predicted octanol–water partition coefficient (Wildman–Crippen LogP) is 13.0. The van der Waals surface area contributed by atoms with Crippen LogP contribution in [-0.4, -0.2) is 19.6 Å². The van der Waals surface area contributed by atoms with Crippen molar-refractivity contribution in [1.82, 2.24) is 14.5 Å². The Morgan fingerprint density at radius 1 is 0.667 bits per heavy atom. The lowest BCUT2D eigenvalue weighted by Gasteiger charge is -2.27. The number of aromatic hydroxyl groups is 1.